The van der Waals surface area contributed by atoms with Crippen LogP contribution in [0.25, 0.3) is 5.69 Å². The van der Waals surface area contributed by atoms with Crippen LogP contribution in [0.4, 0.5) is 5.69 Å². The summed E-state index contributed by atoms with van der Waals surface area (Å²) in [6.45, 7) is 6.60. The van der Waals surface area contributed by atoms with E-state index in [1.165, 1.54) is 0 Å². The first-order valence-electron chi connectivity index (χ1n) is 10.6. The minimum atomic E-state index is -0.464. The molecule has 3 aromatic rings. The van der Waals surface area contributed by atoms with Gasteiger partial charge in [0.2, 0.25) is 11.8 Å². The normalized spacial score (nSPS) is 16.4. The van der Waals surface area contributed by atoms with Crippen molar-refractivity contribution in [2.24, 2.45) is 0 Å². The van der Waals surface area contributed by atoms with Gasteiger partial charge in [-0.2, -0.15) is 10.2 Å². The summed E-state index contributed by atoms with van der Waals surface area (Å²) in [5.41, 5.74) is 4.52. The maximum atomic E-state index is 13.0. The van der Waals surface area contributed by atoms with Gasteiger partial charge in [0.05, 0.1) is 17.1 Å². The van der Waals surface area contributed by atoms with Crippen molar-refractivity contribution in [3.05, 3.63) is 59.7 Å². The summed E-state index contributed by atoms with van der Waals surface area (Å²) in [6, 6.07) is 11.0. The summed E-state index contributed by atoms with van der Waals surface area (Å²) in [7, 11) is 0. The van der Waals surface area contributed by atoms with Crippen LogP contribution in [-0.4, -0.2) is 48.9 Å². The van der Waals surface area contributed by atoms with Crippen molar-refractivity contribution in [2.75, 3.05) is 11.9 Å². The lowest BCUT2D eigenvalue weighted by Gasteiger charge is -2.34. The molecule has 0 saturated carbocycles. The fraction of sp³-hybridized carbons (Fsp3) is 0.391. The van der Waals surface area contributed by atoms with E-state index in [9.17, 15) is 9.59 Å². The molecule has 0 unspecified atom stereocenters. The van der Waals surface area contributed by atoms with E-state index in [-0.39, 0.29) is 18.4 Å². The highest BCUT2D eigenvalue weighted by molar-refractivity contribution is 5.97. The highest BCUT2D eigenvalue weighted by Crippen LogP contribution is 2.21. The average molecular weight is 421 g/mol. The summed E-state index contributed by atoms with van der Waals surface area (Å²) in [5, 5.41) is 11.8. The number of hydrogen-bond acceptors (Lipinski definition) is 4. The number of aryl methyl sites for hydroxylation is 3. The monoisotopic (exact) mass is 420 g/mol. The fourth-order valence-corrected chi connectivity index (χ4v) is 4.09. The van der Waals surface area contributed by atoms with Crippen LogP contribution in [0.2, 0.25) is 0 Å². The number of nitrogens with one attached hydrogen (secondary N) is 1. The maximum Gasteiger partial charge on any atom is 0.247 e. The van der Waals surface area contributed by atoms with Crippen molar-refractivity contribution in [1.82, 2.24) is 24.5 Å². The third-order valence-corrected chi connectivity index (χ3v) is 5.59. The van der Waals surface area contributed by atoms with Crippen LogP contribution < -0.4 is 5.32 Å². The van der Waals surface area contributed by atoms with Gasteiger partial charge in [-0.15, -0.1) is 0 Å². The molecule has 1 aliphatic rings. The topological polar surface area (TPSA) is 85.0 Å². The molecule has 3 heterocycles. The Morgan fingerprint density at radius 3 is 2.45 bits per heavy atom. The quantitative estimate of drug-likeness (QED) is 0.688. The Kier molecular flexibility index (Phi) is 5.88. The molecule has 1 fully saturated rings. The highest BCUT2D eigenvalue weighted by atomic mass is 16.2. The Labute approximate surface area is 181 Å². The SMILES string of the molecule is Cc1ccn(CC(=O)N2CCCC[C@@H]2C(=O)Nc2ccc(-n3nc(C)cc3C)cc2)n1. The largest absolute Gasteiger partial charge is 0.329 e. The van der Waals surface area contributed by atoms with E-state index in [4.69, 9.17) is 0 Å². The molecule has 0 spiro atoms. The lowest BCUT2D eigenvalue weighted by atomic mass is 10.0. The second-order valence-electron chi connectivity index (χ2n) is 8.13. The van der Waals surface area contributed by atoms with Crippen LogP contribution in [0.15, 0.2) is 42.6 Å². The molecule has 1 aromatic carbocycles. The van der Waals surface area contributed by atoms with E-state index in [2.05, 4.69) is 15.5 Å². The van der Waals surface area contributed by atoms with Crippen LogP contribution in [-0.2, 0) is 16.1 Å². The molecule has 31 heavy (non-hydrogen) atoms. The van der Waals surface area contributed by atoms with Crippen LogP contribution in [0.3, 0.4) is 0 Å². The number of hydrogen-bond donors (Lipinski definition) is 1. The zero-order valence-electron chi connectivity index (χ0n) is 18.2. The van der Waals surface area contributed by atoms with Gasteiger partial charge in [0, 0.05) is 24.1 Å². The Morgan fingerprint density at radius 1 is 1.03 bits per heavy atom. The number of amides is 2. The summed E-state index contributed by atoms with van der Waals surface area (Å²) < 4.78 is 3.50. The Morgan fingerprint density at radius 2 is 1.81 bits per heavy atom. The highest BCUT2D eigenvalue weighted by Gasteiger charge is 2.32. The standard InChI is InChI=1S/C23H28N6O2/c1-16-11-13-27(25-16)15-22(30)28-12-5-4-6-21(28)23(31)24-19-7-9-20(10-8-19)29-18(3)14-17(2)26-29/h7-11,13-14,21H,4-6,12,15H2,1-3H3,(H,24,31)/t21-/m1/s1. The predicted octanol–water partition coefficient (Wildman–Crippen LogP) is 3.01. The average Bonchev–Trinajstić information content (AvgIpc) is 3.32. The smallest absolute Gasteiger partial charge is 0.247 e. The van der Waals surface area contributed by atoms with Crippen LogP contribution >= 0.6 is 0 Å². The van der Waals surface area contributed by atoms with Gasteiger partial charge in [0.1, 0.15) is 12.6 Å². The lowest BCUT2D eigenvalue weighted by Crippen LogP contribution is -2.51. The van der Waals surface area contributed by atoms with Gasteiger partial charge in [-0.3, -0.25) is 14.3 Å². The lowest BCUT2D eigenvalue weighted by molar-refractivity contribution is -0.141. The summed E-state index contributed by atoms with van der Waals surface area (Å²) in [6.07, 6.45) is 4.29. The zero-order valence-corrected chi connectivity index (χ0v) is 18.2. The number of aromatic nitrogens is 4. The van der Waals surface area contributed by atoms with Crippen molar-refractivity contribution in [3.8, 4) is 5.69 Å². The third-order valence-electron chi connectivity index (χ3n) is 5.59. The number of piperidine rings is 1. The molecule has 8 heteroatoms. The first-order chi connectivity index (χ1) is 14.9. The molecule has 1 N–H and O–H groups in total. The third kappa shape index (κ3) is 4.68. The number of rotatable bonds is 5. The Balaban J connectivity index is 1.43. The van der Waals surface area contributed by atoms with Gasteiger partial charge in [0.25, 0.3) is 0 Å². The maximum absolute atomic E-state index is 13.0. The van der Waals surface area contributed by atoms with Gasteiger partial charge >= 0.3 is 0 Å². The molecule has 8 nitrogen and oxygen atoms in total. The number of carbonyl (C=O) groups excluding carboxylic acids is 2. The zero-order chi connectivity index (χ0) is 22.0. The van der Waals surface area contributed by atoms with E-state index in [1.54, 1.807) is 15.8 Å². The van der Waals surface area contributed by atoms with Crippen molar-refractivity contribution in [3.63, 3.8) is 0 Å². The molecule has 2 amide bonds. The van der Waals surface area contributed by atoms with Crippen molar-refractivity contribution >= 4 is 17.5 Å². The number of likely N-dealkylation sites (tertiary alicyclic amines) is 1. The number of anilines is 1. The predicted molar refractivity (Wildman–Crippen MR) is 118 cm³/mol. The molecule has 0 radical (unpaired) electrons. The first-order valence-corrected chi connectivity index (χ1v) is 10.6. The number of nitrogens with zero attached hydrogens (tertiary/aromatic N) is 5. The second-order valence-corrected chi connectivity index (χ2v) is 8.13. The fourth-order valence-electron chi connectivity index (χ4n) is 4.09. The van der Waals surface area contributed by atoms with Crippen LogP contribution in [0, 0.1) is 20.8 Å². The molecule has 0 aliphatic carbocycles. The summed E-state index contributed by atoms with van der Waals surface area (Å²) in [5.74, 6) is -0.230. The molecular formula is C23H28N6O2. The van der Waals surface area contributed by atoms with Gasteiger partial charge in [-0.1, -0.05) is 0 Å². The van der Waals surface area contributed by atoms with E-state index >= 15 is 0 Å². The molecule has 1 saturated heterocycles. The van der Waals surface area contributed by atoms with Gasteiger partial charge in [-0.05, 0) is 76.4 Å². The summed E-state index contributed by atoms with van der Waals surface area (Å²) >= 11 is 0. The minimum Gasteiger partial charge on any atom is -0.329 e. The summed E-state index contributed by atoms with van der Waals surface area (Å²) in [4.78, 5) is 27.6. The van der Waals surface area contributed by atoms with Gasteiger partial charge < -0.3 is 10.2 Å². The van der Waals surface area contributed by atoms with E-state index in [1.807, 2.05) is 61.9 Å². The Bertz CT molecular complexity index is 1080. The minimum absolute atomic E-state index is 0.0807. The molecule has 2 aromatic heterocycles. The molecule has 162 valence electrons. The first kappa shape index (κ1) is 20.8. The van der Waals surface area contributed by atoms with E-state index in [0.717, 1.165) is 35.6 Å². The van der Waals surface area contributed by atoms with E-state index in [0.29, 0.717) is 18.7 Å². The van der Waals surface area contributed by atoms with E-state index < -0.39 is 6.04 Å². The number of benzene rings is 1. The molecule has 4 rings (SSSR count). The number of carbonyl (C=O) groups is 2. The molecule has 1 atom stereocenters. The van der Waals surface area contributed by atoms with Crippen molar-refractivity contribution < 1.29 is 9.59 Å². The van der Waals surface area contributed by atoms with Crippen LogP contribution in [0.5, 0.6) is 0 Å². The van der Waals surface area contributed by atoms with Crippen molar-refractivity contribution in [2.45, 2.75) is 52.6 Å². The van der Waals surface area contributed by atoms with Crippen LogP contribution in [0.1, 0.15) is 36.3 Å². The molecule has 0 bridgehead atoms. The molecular weight excluding hydrogens is 392 g/mol. The molecule has 1 aliphatic heterocycles. The Hall–Kier alpha value is -3.42. The second kappa shape index (κ2) is 8.75. The van der Waals surface area contributed by atoms with Gasteiger partial charge in [-0.25, -0.2) is 4.68 Å². The van der Waals surface area contributed by atoms with Crippen molar-refractivity contribution in [1.29, 1.82) is 0 Å². The van der Waals surface area contributed by atoms with Gasteiger partial charge in [0.15, 0.2) is 0 Å².